The second-order valence-electron chi connectivity index (χ2n) is 2.38. The molecule has 4 N–H and O–H groups in total. The number of rotatable bonds is 3. The summed E-state index contributed by atoms with van der Waals surface area (Å²) in [5, 5.41) is 10.6. The zero-order chi connectivity index (χ0) is 11.7. The van der Waals surface area contributed by atoms with Crippen LogP contribution in [0.4, 0.5) is 0 Å². The first-order chi connectivity index (χ1) is 6.31. The first-order valence-electron chi connectivity index (χ1n) is 3.68. The Morgan fingerprint density at radius 3 is 1.86 bits per heavy atom. The fourth-order valence-corrected chi connectivity index (χ4v) is 0.678. The number of amides is 2. The summed E-state index contributed by atoms with van der Waals surface area (Å²) in [5.74, 6) is -1.65. The Kier molecular flexibility index (Phi) is 9.10. The van der Waals surface area contributed by atoms with Gasteiger partial charge < -0.3 is 16.2 Å². The average molecular weight is 222 g/mol. The van der Waals surface area contributed by atoms with Crippen LogP contribution in [0.3, 0.4) is 0 Å². The van der Waals surface area contributed by atoms with Gasteiger partial charge in [0, 0.05) is 19.6 Å². The van der Waals surface area contributed by atoms with Crippen molar-refractivity contribution in [2.75, 3.05) is 5.75 Å². The number of nitrogens with two attached hydrogens (primary N) is 1. The number of hydrogen-bond acceptors (Lipinski definition) is 4. The van der Waals surface area contributed by atoms with E-state index in [9.17, 15) is 14.4 Å². The van der Waals surface area contributed by atoms with Crippen LogP contribution < -0.4 is 11.1 Å². The van der Waals surface area contributed by atoms with Crippen molar-refractivity contribution in [1.29, 1.82) is 0 Å². The van der Waals surface area contributed by atoms with Gasteiger partial charge in [0.2, 0.25) is 11.8 Å². The van der Waals surface area contributed by atoms with Crippen molar-refractivity contribution >= 4 is 30.4 Å². The van der Waals surface area contributed by atoms with E-state index in [1.165, 1.54) is 13.8 Å². The number of primary amides is 1. The normalized spacial score (nSPS) is 10.5. The highest BCUT2D eigenvalue weighted by Crippen LogP contribution is 1.86. The van der Waals surface area contributed by atoms with Gasteiger partial charge in [0.15, 0.2) is 0 Å². The predicted molar refractivity (Wildman–Crippen MR) is 54.0 cm³/mol. The second-order valence-corrected chi connectivity index (χ2v) is 2.75. The molecule has 0 aliphatic carbocycles. The summed E-state index contributed by atoms with van der Waals surface area (Å²) in [5.41, 5.74) is 4.47. The topological polar surface area (TPSA) is 109 Å². The molecule has 6 nitrogen and oxygen atoms in total. The lowest BCUT2D eigenvalue weighted by Gasteiger charge is -2.08. The van der Waals surface area contributed by atoms with Crippen molar-refractivity contribution in [3.05, 3.63) is 0 Å². The monoisotopic (exact) mass is 222 g/mol. The molecule has 0 bridgehead atoms. The fourth-order valence-electron chi connectivity index (χ4n) is 0.431. The number of carboxylic acids is 1. The van der Waals surface area contributed by atoms with Gasteiger partial charge in [-0.05, 0) is 0 Å². The lowest BCUT2D eigenvalue weighted by molar-refractivity contribution is -0.140. The van der Waals surface area contributed by atoms with Crippen LogP contribution in [0.25, 0.3) is 0 Å². The number of nitrogens with one attached hydrogen (secondary N) is 1. The zero-order valence-corrected chi connectivity index (χ0v) is 8.88. The van der Waals surface area contributed by atoms with Gasteiger partial charge in [0.05, 0.1) is 0 Å². The molecule has 0 heterocycles. The van der Waals surface area contributed by atoms with Gasteiger partial charge in [0.25, 0.3) is 0 Å². The van der Waals surface area contributed by atoms with Crippen LogP contribution in [0.2, 0.25) is 0 Å². The molecule has 0 fully saturated rings. The number of aliphatic carboxylic acids is 1. The van der Waals surface area contributed by atoms with E-state index in [2.05, 4.69) is 23.7 Å². The Labute approximate surface area is 87.3 Å². The van der Waals surface area contributed by atoms with Gasteiger partial charge >= 0.3 is 5.97 Å². The van der Waals surface area contributed by atoms with Gasteiger partial charge in [-0.25, -0.2) is 4.79 Å². The minimum Gasteiger partial charge on any atom is -0.480 e. The molecule has 0 spiro atoms. The lowest BCUT2D eigenvalue weighted by atomic mass is 10.3. The van der Waals surface area contributed by atoms with E-state index in [1.807, 2.05) is 0 Å². The Morgan fingerprint density at radius 2 is 1.79 bits per heavy atom. The molecule has 0 aromatic heterocycles. The van der Waals surface area contributed by atoms with Crippen molar-refractivity contribution in [2.24, 2.45) is 5.73 Å². The molecular weight excluding hydrogens is 208 g/mol. The highest BCUT2D eigenvalue weighted by atomic mass is 32.1. The number of carbonyl (C=O) groups is 3. The Hall–Kier alpha value is -1.24. The van der Waals surface area contributed by atoms with Gasteiger partial charge in [-0.2, -0.15) is 12.6 Å². The number of carbonyl (C=O) groups excluding carboxylic acids is 2. The fraction of sp³-hybridized carbons (Fsp3) is 0.571. The van der Waals surface area contributed by atoms with Crippen LogP contribution in [-0.2, 0) is 14.4 Å². The minimum atomic E-state index is -1.06. The number of hydrogen-bond donors (Lipinski definition) is 4. The molecule has 1 atom stereocenters. The zero-order valence-electron chi connectivity index (χ0n) is 7.98. The summed E-state index contributed by atoms with van der Waals surface area (Å²) >= 11 is 3.73. The quantitative estimate of drug-likeness (QED) is 0.459. The minimum absolute atomic E-state index is 0.106. The van der Waals surface area contributed by atoms with Gasteiger partial charge in [-0.1, -0.05) is 0 Å². The van der Waals surface area contributed by atoms with Gasteiger partial charge in [-0.15, -0.1) is 0 Å². The van der Waals surface area contributed by atoms with Crippen molar-refractivity contribution in [3.8, 4) is 0 Å². The molecule has 0 aliphatic heterocycles. The summed E-state index contributed by atoms with van der Waals surface area (Å²) in [6.07, 6.45) is 0. The van der Waals surface area contributed by atoms with Crippen LogP contribution in [0.15, 0.2) is 0 Å². The first kappa shape index (κ1) is 15.2. The maximum atomic E-state index is 10.3. The molecule has 0 aromatic rings. The van der Waals surface area contributed by atoms with Crippen molar-refractivity contribution in [3.63, 3.8) is 0 Å². The average Bonchev–Trinajstić information content (AvgIpc) is 1.98. The molecule has 0 radical (unpaired) electrons. The molecular formula is C7H14N2O4S. The third-order valence-corrected chi connectivity index (χ3v) is 1.22. The molecule has 0 unspecified atom stereocenters. The summed E-state index contributed by atoms with van der Waals surface area (Å²) in [6, 6.07) is -0.874. The highest BCUT2D eigenvalue weighted by Gasteiger charge is 2.15. The Morgan fingerprint density at radius 1 is 1.43 bits per heavy atom. The van der Waals surface area contributed by atoms with Crippen LogP contribution in [0, 0.1) is 0 Å². The van der Waals surface area contributed by atoms with Crippen molar-refractivity contribution < 1.29 is 19.5 Å². The van der Waals surface area contributed by atoms with E-state index in [-0.39, 0.29) is 17.6 Å². The summed E-state index contributed by atoms with van der Waals surface area (Å²) in [4.78, 5) is 29.7. The Bertz CT molecular complexity index is 216. The molecule has 0 aromatic carbocycles. The SMILES string of the molecule is CC(=O)N[C@@H](CS)C(=O)O.CC(N)=O. The lowest BCUT2D eigenvalue weighted by Crippen LogP contribution is -2.40. The van der Waals surface area contributed by atoms with Crippen molar-refractivity contribution in [1.82, 2.24) is 5.32 Å². The summed E-state index contributed by atoms with van der Waals surface area (Å²) in [6.45, 7) is 2.57. The smallest absolute Gasteiger partial charge is 0.327 e. The molecule has 0 saturated heterocycles. The van der Waals surface area contributed by atoms with E-state index in [0.29, 0.717) is 0 Å². The van der Waals surface area contributed by atoms with E-state index in [4.69, 9.17) is 5.11 Å². The third-order valence-electron chi connectivity index (χ3n) is 0.858. The van der Waals surface area contributed by atoms with Gasteiger partial charge in [0.1, 0.15) is 6.04 Å². The highest BCUT2D eigenvalue weighted by molar-refractivity contribution is 7.80. The largest absolute Gasteiger partial charge is 0.480 e. The molecule has 14 heavy (non-hydrogen) atoms. The van der Waals surface area contributed by atoms with Gasteiger partial charge in [-0.3, -0.25) is 9.59 Å². The molecule has 7 heteroatoms. The summed E-state index contributed by atoms with van der Waals surface area (Å²) < 4.78 is 0. The van der Waals surface area contributed by atoms with E-state index < -0.39 is 12.0 Å². The third kappa shape index (κ3) is 13.4. The molecule has 0 saturated carbocycles. The first-order valence-corrected chi connectivity index (χ1v) is 4.31. The van der Waals surface area contributed by atoms with Crippen LogP contribution in [-0.4, -0.2) is 34.7 Å². The van der Waals surface area contributed by atoms with Crippen LogP contribution in [0.1, 0.15) is 13.8 Å². The molecule has 2 amide bonds. The second kappa shape index (κ2) is 8.36. The maximum Gasteiger partial charge on any atom is 0.327 e. The number of thiol groups is 1. The summed E-state index contributed by atoms with van der Waals surface area (Å²) in [7, 11) is 0. The van der Waals surface area contributed by atoms with Crippen LogP contribution in [0.5, 0.6) is 0 Å². The van der Waals surface area contributed by atoms with Crippen LogP contribution >= 0.6 is 12.6 Å². The van der Waals surface area contributed by atoms with E-state index in [0.717, 1.165) is 0 Å². The predicted octanol–water partition coefficient (Wildman–Crippen LogP) is -1.00. The molecule has 0 rings (SSSR count). The van der Waals surface area contributed by atoms with E-state index >= 15 is 0 Å². The van der Waals surface area contributed by atoms with E-state index in [1.54, 1.807) is 0 Å². The molecule has 82 valence electrons. The maximum absolute atomic E-state index is 10.3. The number of carboxylic acid groups (broad SMARTS) is 1. The van der Waals surface area contributed by atoms with Crippen molar-refractivity contribution in [2.45, 2.75) is 19.9 Å². The standard InChI is InChI=1S/C5H9NO3S.C2H5NO/c1-3(7)6-4(2-10)5(8)9;1-2(3)4/h4,10H,2H2,1H3,(H,6,7)(H,8,9);1H3,(H2,3,4)/t4-;/m0./s1. The molecule has 0 aliphatic rings. The Balaban J connectivity index is 0.